The van der Waals surface area contributed by atoms with Crippen molar-refractivity contribution >= 4 is 23.1 Å². The first-order chi connectivity index (χ1) is 9.65. The van der Waals surface area contributed by atoms with Gasteiger partial charge >= 0.3 is 0 Å². The highest BCUT2D eigenvalue weighted by Crippen LogP contribution is 2.18. The second kappa shape index (κ2) is 5.05. The molecule has 0 amide bonds. The molecule has 2 heterocycles. The lowest BCUT2D eigenvalue weighted by atomic mass is 10.2. The molecule has 0 aliphatic heterocycles. The van der Waals surface area contributed by atoms with E-state index >= 15 is 0 Å². The number of nitrogens with zero attached hydrogens (tertiary/aromatic N) is 4. The summed E-state index contributed by atoms with van der Waals surface area (Å²) in [4.78, 5) is 4.23. The van der Waals surface area contributed by atoms with Gasteiger partial charge in [0, 0.05) is 18.9 Å². The van der Waals surface area contributed by atoms with E-state index in [1.54, 1.807) is 24.5 Å². The summed E-state index contributed by atoms with van der Waals surface area (Å²) in [5.41, 5.74) is 1.51. The summed E-state index contributed by atoms with van der Waals surface area (Å²) in [6, 6.07) is 4.59. The topological polar surface area (TPSA) is 55.1 Å². The fourth-order valence-electron chi connectivity index (χ4n) is 1.90. The third kappa shape index (κ3) is 2.30. The van der Waals surface area contributed by atoms with Crippen LogP contribution in [0.5, 0.6) is 0 Å². The third-order valence-corrected chi connectivity index (χ3v) is 3.23. The minimum absolute atomic E-state index is 0.105. The Balaban J connectivity index is 1.85. The number of fused-ring (bicyclic) bond motifs is 1. The molecule has 0 bridgehead atoms. The van der Waals surface area contributed by atoms with Gasteiger partial charge in [0.1, 0.15) is 11.6 Å². The van der Waals surface area contributed by atoms with Crippen LogP contribution in [0.3, 0.4) is 0 Å². The van der Waals surface area contributed by atoms with Crippen molar-refractivity contribution in [3.63, 3.8) is 0 Å². The van der Waals surface area contributed by atoms with Gasteiger partial charge in [-0.25, -0.2) is 9.37 Å². The Morgan fingerprint density at radius 2 is 2.20 bits per heavy atom. The zero-order valence-corrected chi connectivity index (χ0v) is 11.4. The molecule has 0 atom stereocenters. The summed E-state index contributed by atoms with van der Waals surface area (Å²) in [5, 5.41) is 11.3. The molecule has 0 unspecified atom stereocenters. The van der Waals surface area contributed by atoms with Gasteiger partial charge in [0.05, 0.1) is 5.02 Å². The third-order valence-electron chi connectivity index (χ3n) is 2.94. The van der Waals surface area contributed by atoms with Gasteiger partial charge in [-0.15, -0.1) is 10.2 Å². The number of rotatable bonds is 3. The average molecular weight is 292 g/mol. The van der Waals surface area contributed by atoms with Crippen molar-refractivity contribution < 1.29 is 4.39 Å². The van der Waals surface area contributed by atoms with Gasteiger partial charge in [-0.1, -0.05) is 17.7 Å². The summed E-state index contributed by atoms with van der Waals surface area (Å²) in [6.45, 7) is 2.34. The fraction of sp³-hybridized carbons (Fsp3) is 0.154. The number of hydrogen-bond acceptors (Lipinski definition) is 4. The average Bonchev–Trinajstić information content (AvgIpc) is 2.83. The van der Waals surface area contributed by atoms with Crippen molar-refractivity contribution in [1.29, 1.82) is 0 Å². The molecule has 2 aromatic heterocycles. The van der Waals surface area contributed by atoms with Crippen molar-refractivity contribution in [2.45, 2.75) is 13.5 Å². The molecular weight excluding hydrogens is 281 g/mol. The highest BCUT2D eigenvalue weighted by molar-refractivity contribution is 6.30. The Bertz CT molecular complexity index is 771. The molecule has 7 heteroatoms. The SMILES string of the molecule is Cc1nnc2c(NCc3ccc(F)c(Cl)c3)nccn12. The lowest BCUT2D eigenvalue weighted by Gasteiger charge is -2.07. The minimum Gasteiger partial charge on any atom is -0.363 e. The minimum atomic E-state index is -0.427. The van der Waals surface area contributed by atoms with Crippen LogP contribution in [-0.4, -0.2) is 19.6 Å². The van der Waals surface area contributed by atoms with Crippen molar-refractivity contribution in [2.75, 3.05) is 5.32 Å². The van der Waals surface area contributed by atoms with E-state index in [1.807, 2.05) is 11.3 Å². The quantitative estimate of drug-likeness (QED) is 0.806. The summed E-state index contributed by atoms with van der Waals surface area (Å²) in [5.74, 6) is 0.979. The van der Waals surface area contributed by atoms with Crippen LogP contribution in [0.4, 0.5) is 10.2 Å². The largest absolute Gasteiger partial charge is 0.363 e. The molecule has 3 rings (SSSR count). The number of benzene rings is 1. The zero-order valence-electron chi connectivity index (χ0n) is 10.6. The molecule has 5 nitrogen and oxygen atoms in total. The van der Waals surface area contributed by atoms with E-state index in [1.165, 1.54) is 6.07 Å². The van der Waals surface area contributed by atoms with E-state index < -0.39 is 5.82 Å². The lowest BCUT2D eigenvalue weighted by Crippen LogP contribution is -2.04. The molecular formula is C13H11ClFN5. The van der Waals surface area contributed by atoms with Crippen LogP contribution in [-0.2, 0) is 6.54 Å². The van der Waals surface area contributed by atoms with Crippen molar-refractivity contribution in [3.05, 3.63) is 52.8 Å². The van der Waals surface area contributed by atoms with Gasteiger partial charge in [-0.3, -0.25) is 4.40 Å². The molecule has 0 saturated carbocycles. The summed E-state index contributed by atoms with van der Waals surface area (Å²) >= 11 is 5.75. The smallest absolute Gasteiger partial charge is 0.203 e. The molecule has 1 aromatic carbocycles. The van der Waals surface area contributed by atoms with E-state index in [9.17, 15) is 4.39 Å². The van der Waals surface area contributed by atoms with Crippen LogP contribution in [0.25, 0.3) is 5.65 Å². The molecule has 0 radical (unpaired) electrons. The van der Waals surface area contributed by atoms with Crippen molar-refractivity contribution in [3.8, 4) is 0 Å². The number of hydrogen-bond donors (Lipinski definition) is 1. The number of nitrogens with one attached hydrogen (secondary N) is 1. The van der Waals surface area contributed by atoms with Gasteiger partial charge < -0.3 is 5.32 Å². The van der Waals surface area contributed by atoms with Gasteiger partial charge in [-0.2, -0.15) is 0 Å². The summed E-state index contributed by atoms with van der Waals surface area (Å²) in [7, 11) is 0. The fourth-order valence-corrected chi connectivity index (χ4v) is 2.10. The van der Waals surface area contributed by atoms with Crippen LogP contribution in [0, 0.1) is 12.7 Å². The van der Waals surface area contributed by atoms with Gasteiger partial charge in [0.2, 0.25) is 5.65 Å². The summed E-state index contributed by atoms with van der Waals surface area (Å²) in [6.07, 6.45) is 3.47. The number of anilines is 1. The lowest BCUT2D eigenvalue weighted by molar-refractivity contribution is 0.627. The second-order valence-corrected chi connectivity index (χ2v) is 4.73. The van der Waals surface area contributed by atoms with Crippen molar-refractivity contribution in [1.82, 2.24) is 19.6 Å². The number of aryl methyl sites for hydroxylation is 1. The first-order valence-corrected chi connectivity index (χ1v) is 6.37. The van der Waals surface area contributed by atoms with Crippen molar-refractivity contribution in [2.24, 2.45) is 0 Å². The first kappa shape index (κ1) is 12.8. The maximum absolute atomic E-state index is 13.1. The normalized spacial score (nSPS) is 10.9. The molecule has 0 aliphatic rings. The standard InChI is InChI=1S/C13H11ClFN5/c1-8-18-19-13-12(16-4-5-20(8)13)17-7-9-2-3-11(15)10(14)6-9/h2-6H,7H2,1H3,(H,16,17). The van der Waals surface area contributed by atoms with E-state index in [0.29, 0.717) is 18.0 Å². The highest BCUT2D eigenvalue weighted by atomic mass is 35.5. The van der Waals surface area contributed by atoms with Gasteiger partial charge in [0.15, 0.2) is 5.82 Å². The predicted octanol–water partition coefficient (Wildman–Crippen LogP) is 2.84. The van der Waals surface area contributed by atoms with Gasteiger partial charge in [0.25, 0.3) is 0 Å². The van der Waals surface area contributed by atoms with E-state index in [2.05, 4.69) is 20.5 Å². The Morgan fingerprint density at radius 1 is 1.35 bits per heavy atom. The summed E-state index contributed by atoms with van der Waals surface area (Å²) < 4.78 is 14.9. The maximum Gasteiger partial charge on any atom is 0.203 e. The Morgan fingerprint density at radius 3 is 3.00 bits per heavy atom. The molecule has 0 saturated heterocycles. The Labute approximate surface area is 119 Å². The van der Waals surface area contributed by atoms with E-state index in [-0.39, 0.29) is 5.02 Å². The molecule has 0 aliphatic carbocycles. The second-order valence-electron chi connectivity index (χ2n) is 4.32. The number of aromatic nitrogens is 4. The van der Waals surface area contributed by atoms with Crippen LogP contribution in [0.1, 0.15) is 11.4 Å². The maximum atomic E-state index is 13.1. The molecule has 3 aromatic rings. The molecule has 1 N–H and O–H groups in total. The molecule has 0 spiro atoms. The van der Waals surface area contributed by atoms with Crippen LogP contribution in [0.15, 0.2) is 30.6 Å². The van der Waals surface area contributed by atoms with Crippen LogP contribution >= 0.6 is 11.6 Å². The number of halogens is 2. The highest BCUT2D eigenvalue weighted by Gasteiger charge is 2.07. The molecule has 102 valence electrons. The van der Waals surface area contributed by atoms with Crippen LogP contribution < -0.4 is 5.32 Å². The first-order valence-electron chi connectivity index (χ1n) is 5.99. The predicted molar refractivity (Wildman–Crippen MR) is 74.3 cm³/mol. The Kier molecular flexibility index (Phi) is 3.23. The molecule has 0 fully saturated rings. The van der Waals surface area contributed by atoms with Crippen LogP contribution in [0.2, 0.25) is 5.02 Å². The monoisotopic (exact) mass is 291 g/mol. The van der Waals surface area contributed by atoms with Gasteiger partial charge in [-0.05, 0) is 24.6 Å². The Hall–Kier alpha value is -2.21. The zero-order chi connectivity index (χ0) is 14.1. The molecule has 20 heavy (non-hydrogen) atoms. The van der Waals surface area contributed by atoms with E-state index in [0.717, 1.165) is 11.4 Å². The van der Waals surface area contributed by atoms with E-state index in [4.69, 9.17) is 11.6 Å².